The highest BCUT2D eigenvalue weighted by Gasteiger charge is 2.25. The molecule has 1 unspecified atom stereocenters. The first kappa shape index (κ1) is 8.07. The van der Waals surface area contributed by atoms with Crippen LogP contribution < -0.4 is 5.73 Å². The highest BCUT2D eigenvalue weighted by molar-refractivity contribution is 9.10. The molecule has 0 radical (unpaired) electrons. The van der Waals surface area contributed by atoms with E-state index in [4.69, 9.17) is 15.0 Å². The zero-order valence-electron chi connectivity index (χ0n) is 6.42. The van der Waals surface area contributed by atoms with Crippen molar-refractivity contribution < 1.29 is 9.26 Å². The molecular weight excluding hydrogens is 224 g/mol. The molecule has 1 atom stereocenters. The molecule has 2 rings (SSSR count). The van der Waals surface area contributed by atoms with E-state index in [0.717, 1.165) is 19.4 Å². The van der Waals surface area contributed by atoms with E-state index < -0.39 is 0 Å². The van der Waals surface area contributed by atoms with Gasteiger partial charge in [-0.05, 0) is 28.8 Å². The highest BCUT2D eigenvalue weighted by Crippen LogP contribution is 2.35. The molecule has 4 nitrogen and oxygen atoms in total. The zero-order chi connectivity index (χ0) is 8.55. The lowest BCUT2D eigenvalue weighted by atomic mass is 10.2. The number of nitrogen functional groups attached to an aromatic ring is 1. The number of ether oxygens (including phenoxy) is 1. The Balaban J connectivity index is 2.26. The summed E-state index contributed by atoms with van der Waals surface area (Å²) in [6.07, 6.45) is 2.03. The van der Waals surface area contributed by atoms with Crippen molar-refractivity contribution in [1.82, 2.24) is 5.16 Å². The molecule has 66 valence electrons. The van der Waals surface area contributed by atoms with Crippen LogP contribution in [0, 0.1) is 0 Å². The molecule has 0 aliphatic carbocycles. The Morgan fingerprint density at radius 2 is 2.42 bits per heavy atom. The summed E-state index contributed by atoms with van der Waals surface area (Å²) in [5.41, 5.74) is 6.26. The zero-order valence-corrected chi connectivity index (χ0v) is 8.00. The van der Waals surface area contributed by atoms with Gasteiger partial charge in [-0.1, -0.05) is 5.16 Å². The largest absolute Gasteiger partial charge is 0.394 e. The maximum atomic E-state index is 5.70. The van der Waals surface area contributed by atoms with Crippen molar-refractivity contribution in [3.05, 3.63) is 10.4 Å². The number of halogens is 1. The number of nitrogens with zero attached hydrogens (tertiary/aromatic N) is 1. The minimum Gasteiger partial charge on any atom is -0.394 e. The van der Waals surface area contributed by atoms with Crippen LogP contribution in [0.4, 0.5) is 5.69 Å². The van der Waals surface area contributed by atoms with Crippen molar-refractivity contribution in [3.63, 3.8) is 0 Å². The highest BCUT2D eigenvalue weighted by atomic mass is 79.9. The standard InChI is InChI=1S/C7H9BrN2O2/c8-7-5(9)6(12-10-7)4-2-1-3-11-4/h4H,1-3,9H2. The summed E-state index contributed by atoms with van der Waals surface area (Å²) in [6.45, 7) is 0.780. The molecule has 12 heavy (non-hydrogen) atoms. The van der Waals surface area contributed by atoms with Gasteiger partial charge < -0.3 is 15.0 Å². The van der Waals surface area contributed by atoms with Crippen molar-refractivity contribution in [2.45, 2.75) is 18.9 Å². The molecule has 0 aromatic carbocycles. The van der Waals surface area contributed by atoms with E-state index in [0.29, 0.717) is 16.1 Å². The van der Waals surface area contributed by atoms with Crippen LogP contribution in [0.2, 0.25) is 0 Å². The summed E-state index contributed by atoms with van der Waals surface area (Å²) >= 11 is 3.18. The van der Waals surface area contributed by atoms with E-state index in [2.05, 4.69) is 21.1 Å². The van der Waals surface area contributed by atoms with Gasteiger partial charge >= 0.3 is 0 Å². The second-order valence-electron chi connectivity index (χ2n) is 2.75. The number of rotatable bonds is 1. The van der Waals surface area contributed by atoms with Gasteiger partial charge in [0.25, 0.3) is 0 Å². The predicted molar refractivity (Wildman–Crippen MR) is 46.5 cm³/mol. The monoisotopic (exact) mass is 232 g/mol. The average molecular weight is 233 g/mol. The van der Waals surface area contributed by atoms with Gasteiger partial charge in [0.15, 0.2) is 10.4 Å². The fourth-order valence-corrected chi connectivity index (χ4v) is 1.57. The molecule has 1 aliphatic heterocycles. The van der Waals surface area contributed by atoms with Gasteiger partial charge in [-0.3, -0.25) is 0 Å². The van der Waals surface area contributed by atoms with Crippen LogP contribution in [0.3, 0.4) is 0 Å². The Hall–Kier alpha value is -0.550. The van der Waals surface area contributed by atoms with Gasteiger partial charge in [-0.2, -0.15) is 0 Å². The first-order valence-corrected chi connectivity index (χ1v) is 4.60. The van der Waals surface area contributed by atoms with Crippen molar-refractivity contribution in [1.29, 1.82) is 0 Å². The average Bonchev–Trinajstić information content (AvgIpc) is 2.64. The van der Waals surface area contributed by atoms with Crippen LogP contribution in [0.5, 0.6) is 0 Å². The summed E-state index contributed by atoms with van der Waals surface area (Å²) in [7, 11) is 0. The van der Waals surface area contributed by atoms with Gasteiger partial charge in [0.2, 0.25) is 0 Å². The quantitative estimate of drug-likeness (QED) is 0.804. The molecule has 1 aromatic heterocycles. The molecule has 5 heteroatoms. The first-order chi connectivity index (χ1) is 5.79. The second kappa shape index (κ2) is 3.06. The maximum absolute atomic E-state index is 5.70. The van der Waals surface area contributed by atoms with Gasteiger partial charge in [0, 0.05) is 6.61 Å². The van der Waals surface area contributed by atoms with Crippen molar-refractivity contribution >= 4 is 21.6 Å². The molecule has 1 aromatic rings. The summed E-state index contributed by atoms with van der Waals surface area (Å²) in [4.78, 5) is 0. The lowest BCUT2D eigenvalue weighted by Gasteiger charge is -2.04. The van der Waals surface area contributed by atoms with E-state index in [1.165, 1.54) is 0 Å². The third kappa shape index (κ3) is 1.23. The summed E-state index contributed by atoms with van der Waals surface area (Å²) < 4.78 is 11.0. The topological polar surface area (TPSA) is 61.3 Å². The lowest BCUT2D eigenvalue weighted by molar-refractivity contribution is 0.0884. The molecule has 0 spiro atoms. The smallest absolute Gasteiger partial charge is 0.189 e. The minimum atomic E-state index is 0.00352. The van der Waals surface area contributed by atoms with Crippen LogP contribution in [0.15, 0.2) is 9.13 Å². The van der Waals surface area contributed by atoms with Gasteiger partial charge in [0.1, 0.15) is 11.8 Å². The molecule has 1 saturated heterocycles. The fourth-order valence-electron chi connectivity index (χ4n) is 1.31. The maximum Gasteiger partial charge on any atom is 0.189 e. The Morgan fingerprint density at radius 3 is 2.92 bits per heavy atom. The van der Waals surface area contributed by atoms with Crippen LogP contribution in [0.25, 0.3) is 0 Å². The van der Waals surface area contributed by atoms with Crippen LogP contribution >= 0.6 is 15.9 Å². The molecule has 0 amide bonds. The van der Waals surface area contributed by atoms with Crippen LogP contribution in [-0.4, -0.2) is 11.8 Å². The molecule has 0 saturated carbocycles. The van der Waals surface area contributed by atoms with Gasteiger partial charge in [0.05, 0.1) is 0 Å². The first-order valence-electron chi connectivity index (χ1n) is 3.81. The van der Waals surface area contributed by atoms with E-state index in [-0.39, 0.29) is 6.10 Å². The van der Waals surface area contributed by atoms with Crippen molar-refractivity contribution in [2.75, 3.05) is 12.3 Å². The summed E-state index contributed by atoms with van der Waals surface area (Å²) in [6, 6.07) is 0. The van der Waals surface area contributed by atoms with Gasteiger partial charge in [-0.15, -0.1) is 0 Å². The number of hydrogen-bond donors (Lipinski definition) is 1. The van der Waals surface area contributed by atoms with Crippen molar-refractivity contribution in [3.8, 4) is 0 Å². The lowest BCUT2D eigenvalue weighted by Crippen LogP contribution is -1.97. The molecule has 1 fully saturated rings. The summed E-state index contributed by atoms with van der Waals surface area (Å²) in [5.74, 6) is 0.652. The minimum absolute atomic E-state index is 0.00352. The normalized spacial score (nSPS) is 23.2. The van der Waals surface area contributed by atoms with E-state index >= 15 is 0 Å². The van der Waals surface area contributed by atoms with E-state index in [1.807, 2.05) is 0 Å². The Kier molecular flexibility index (Phi) is 2.06. The van der Waals surface area contributed by atoms with E-state index in [9.17, 15) is 0 Å². The molecule has 1 aliphatic rings. The Bertz CT molecular complexity index is 281. The third-order valence-corrected chi connectivity index (χ3v) is 2.51. The summed E-state index contributed by atoms with van der Waals surface area (Å²) in [5, 5.41) is 3.70. The second-order valence-corrected chi connectivity index (χ2v) is 3.50. The Labute approximate surface area is 78.2 Å². The molecule has 0 bridgehead atoms. The SMILES string of the molecule is Nc1c(Br)noc1C1CCCO1. The number of anilines is 1. The molecule has 2 N–H and O–H groups in total. The number of hydrogen-bond acceptors (Lipinski definition) is 4. The number of aromatic nitrogens is 1. The molecular formula is C7H9BrN2O2. The number of nitrogens with two attached hydrogens (primary N) is 1. The fraction of sp³-hybridized carbons (Fsp3) is 0.571. The molecule has 2 heterocycles. The van der Waals surface area contributed by atoms with Crippen LogP contribution in [-0.2, 0) is 4.74 Å². The van der Waals surface area contributed by atoms with E-state index in [1.54, 1.807) is 0 Å². The van der Waals surface area contributed by atoms with Gasteiger partial charge in [-0.25, -0.2) is 0 Å². The Morgan fingerprint density at radius 1 is 1.58 bits per heavy atom. The third-order valence-electron chi connectivity index (χ3n) is 1.93. The van der Waals surface area contributed by atoms with Crippen molar-refractivity contribution in [2.24, 2.45) is 0 Å². The predicted octanol–water partition coefficient (Wildman–Crippen LogP) is 1.87. The van der Waals surface area contributed by atoms with Crippen LogP contribution in [0.1, 0.15) is 24.7 Å².